The average Bonchev–Trinajstić information content (AvgIpc) is 2.72. The Kier molecular flexibility index (Phi) is 3.94. The molecule has 2 aromatic heterocycles. The summed E-state index contributed by atoms with van der Waals surface area (Å²) in [5, 5.41) is 0.858. The smallest absolute Gasteiger partial charge is 0.147 e. The van der Waals surface area contributed by atoms with E-state index in [2.05, 4.69) is 19.9 Å². The predicted octanol–water partition coefficient (Wildman–Crippen LogP) is 3.92. The summed E-state index contributed by atoms with van der Waals surface area (Å²) in [7, 11) is 0. The number of nitrogen functional groups attached to an aromatic ring is 1. The van der Waals surface area contributed by atoms with E-state index in [1.165, 1.54) is 6.33 Å². The lowest BCUT2D eigenvalue weighted by Crippen LogP contribution is -2.66. The molecule has 0 radical (unpaired) electrons. The number of benzene rings is 2. The van der Waals surface area contributed by atoms with Crippen LogP contribution >= 0.6 is 0 Å². The molecule has 0 bridgehead atoms. The average molecular weight is 413 g/mol. The van der Waals surface area contributed by atoms with Gasteiger partial charge in [0.1, 0.15) is 18.0 Å². The normalized spacial score (nSPS) is 16.9. The van der Waals surface area contributed by atoms with Gasteiger partial charge in [-0.15, -0.1) is 0 Å². The van der Waals surface area contributed by atoms with Crippen molar-refractivity contribution in [3.05, 3.63) is 66.9 Å². The fraction of sp³-hybridized carbons (Fsp3) is 0.208. The van der Waals surface area contributed by atoms with Crippen molar-refractivity contribution in [1.82, 2.24) is 15.0 Å². The van der Waals surface area contributed by atoms with E-state index in [1.54, 1.807) is 12.3 Å². The fourth-order valence-electron chi connectivity index (χ4n) is 4.51. The second-order valence-electron chi connectivity index (χ2n) is 8.44. The fourth-order valence-corrected chi connectivity index (χ4v) is 4.51. The number of aromatic nitrogens is 3. The van der Waals surface area contributed by atoms with E-state index < -0.39 is 0 Å². The number of nitrogens with zero attached hydrogens (tertiary/aromatic N) is 4. The lowest BCUT2D eigenvalue weighted by Gasteiger charge is -2.56. The number of hydrogen-bond acceptors (Lipinski definition) is 6. The monoisotopic (exact) mass is 413 g/mol. The van der Waals surface area contributed by atoms with Crippen LogP contribution in [0.5, 0.6) is 0 Å². The van der Waals surface area contributed by atoms with Gasteiger partial charge in [-0.05, 0) is 47.5 Å². The summed E-state index contributed by atoms with van der Waals surface area (Å²) in [5.74, 6) is 0.221. The largest absolute Gasteiger partial charge is 0.384 e. The molecule has 2 aliphatic heterocycles. The molecule has 0 atom stereocenters. The van der Waals surface area contributed by atoms with Crippen LogP contribution in [0.1, 0.15) is 0 Å². The van der Waals surface area contributed by atoms with Crippen molar-refractivity contribution in [2.45, 2.75) is 0 Å². The molecule has 1 spiro atoms. The molecular weight excluding hydrogens is 393 g/mol. The Labute approximate surface area is 178 Å². The zero-order chi connectivity index (χ0) is 21.0. The van der Waals surface area contributed by atoms with Gasteiger partial charge in [-0.1, -0.05) is 12.1 Å². The highest BCUT2D eigenvalue weighted by molar-refractivity contribution is 5.95. The summed E-state index contributed by atoms with van der Waals surface area (Å²) in [6.07, 6.45) is 3.20. The van der Waals surface area contributed by atoms with Crippen LogP contribution in [-0.2, 0) is 4.74 Å². The van der Waals surface area contributed by atoms with Crippen molar-refractivity contribution in [3.8, 4) is 22.4 Å². The highest BCUT2D eigenvalue weighted by atomic mass is 19.1. The number of nitrogens with two attached hydrogens (primary N) is 1. The van der Waals surface area contributed by atoms with Crippen LogP contribution in [0.3, 0.4) is 0 Å². The third-order valence-electron chi connectivity index (χ3n) is 6.18. The third-order valence-corrected chi connectivity index (χ3v) is 6.18. The minimum absolute atomic E-state index is 0.237. The van der Waals surface area contributed by atoms with Crippen molar-refractivity contribution in [3.63, 3.8) is 0 Å². The number of fused-ring (bicyclic) bond motifs is 1. The molecule has 0 unspecified atom stereocenters. The summed E-state index contributed by atoms with van der Waals surface area (Å²) in [4.78, 5) is 15.0. The molecule has 2 aromatic carbocycles. The minimum Gasteiger partial charge on any atom is -0.384 e. The van der Waals surface area contributed by atoms with Gasteiger partial charge in [-0.25, -0.2) is 19.3 Å². The van der Waals surface area contributed by atoms with Crippen molar-refractivity contribution in [2.75, 3.05) is 36.9 Å². The molecule has 0 saturated carbocycles. The van der Waals surface area contributed by atoms with E-state index in [0.29, 0.717) is 17.2 Å². The Balaban J connectivity index is 1.38. The Morgan fingerprint density at radius 2 is 1.71 bits per heavy atom. The van der Waals surface area contributed by atoms with Crippen LogP contribution in [0.2, 0.25) is 0 Å². The van der Waals surface area contributed by atoms with Crippen LogP contribution in [-0.4, -0.2) is 41.3 Å². The maximum atomic E-state index is 15.0. The van der Waals surface area contributed by atoms with Crippen molar-refractivity contribution >= 4 is 22.4 Å². The Morgan fingerprint density at radius 1 is 0.903 bits per heavy atom. The van der Waals surface area contributed by atoms with E-state index in [1.807, 2.05) is 42.5 Å². The number of ether oxygens (including phenoxy) is 1. The first-order chi connectivity index (χ1) is 15.1. The third kappa shape index (κ3) is 3.00. The lowest BCUT2D eigenvalue weighted by molar-refractivity contribution is -0.127. The Hall–Kier alpha value is -3.58. The second-order valence-corrected chi connectivity index (χ2v) is 8.44. The SMILES string of the molecule is Nc1cc(-c2ccc3ncnc(-c4ccc(N5CC6(COC6)C5)c(F)c4)c3c2)ccn1. The van der Waals surface area contributed by atoms with E-state index in [4.69, 9.17) is 10.5 Å². The molecule has 154 valence electrons. The Morgan fingerprint density at radius 3 is 2.45 bits per heavy atom. The summed E-state index contributed by atoms with van der Waals surface area (Å²) in [6.45, 7) is 3.25. The van der Waals surface area contributed by atoms with Gasteiger partial charge < -0.3 is 15.4 Å². The topological polar surface area (TPSA) is 77.2 Å². The molecule has 4 aromatic rings. The maximum absolute atomic E-state index is 15.0. The van der Waals surface area contributed by atoms with Crippen LogP contribution in [0, 0.1) is 11.2 Å². The summed E-state index contributed by atoms with van der Waals surface area (Å²) >= 11 is 0. The van der Waals surface area contributed by atoms with Crippen LogP contribution < -0.4 is 10.6 Å². The number of hydrogen-bond donors (Lipinski definition) is 1. The molecule has 2 aliphatic rings. The molecule has 2 N–H and O–H groups in total. The van der Waals surface area contributed by atoms with E-state index in [9.17, 15) is 0 Å². The first kappa shape index (κ1) is 18.2. The molecule has 6 nitrogen and oxygen atoms in total. The number of pyridine rings is 1. The van der Waals surface area contributed by atoms with Gasteiger partial charge in [-0.3, -0.25) is 0 Å². The van der Waals surface area contributed by atoms with Crippen molar-refractivity contribution in [2.24, 2.45) is 5.41 Å². The van der Waals surface area contributed by atoms with Gasteiger partial charge in [0.15, 0.2) is 0 Å². The summed E-state index contributed by atoms with van der Waals surface area (Å²) in [6, 6.07) is 15.0. The van der Waals surface area contributed by atoms with Gasteiger partial charge in [0.05, 0.1) is 35.5 Å². The first-order valence-electron chi connectivity index (χ1n) is 10.2. The molecule has 4 heterocycles. The highest BCUT2D eigenvalue weighted by Crippen LogP contribution is 2.41. The number of anilines is 2. The zero-order valence-electron chi connectivity index (χ0n) is 16.8. The molecule has 0 aliphatic carbocycles. The molecule has 2 saturated heterocycles. The first-order valence-corrected chi connectivity index (χ1v) is 10.2. The quantitative estimate of drug-likeness (QED) is 0.549. The van der Waals surface area contributed by atoms with E-state index >= 15 is 4.39 Å². The molecule has 7 heteroatoms. The molecular formula is C24H20FN5O. The standard InChI is InChI=1S/C24H20FN5O/c25-19-8-17(2-4-21(19)30-10-24(11-30)12-31-13-24)23-18-7-15(1-3-20(18)28-14-29-23)16-5-6-27-22(26)9-16/h1-9,14H,10-13H2,(H2,26,27). The van der Waals surface area contributed by atoms with E-state index in [0.717, 1.165) is 53.9 Å². The summed E-state index contributed by atoms with van der Waals surface area (Å²) < 4.78 is 20.3. The lowest BCUT2D eigenvalue weighted by atomic mass is 9.77. The molecule has 6 rings (SSSR count). The second kappa shape index (κ2) is 6.72. The van der Waals surface area contributed by atoms with Gasteiger partial charge in [0.2, 0.25) is 0 Å². The van der Waals surface area contributed by atoms with E-state index in [-0.39, 0.29) is 11.2 Å². The highest BCUT2D eigenvalue weighted by Gasteiger charge is 2.49. The molecule has 31 heavy (non-hydrogen) atoms. The van der Waals surface area contributed by atoms with Gasteiger partial charge in [-0.2, -0.15) is 0 Å². The van der Waals surface area contributed by atoms with Gasteiger partial charge >= 0.3 is 0 Å². The number of halogens is 1. The number of rotatable bonds is 3. The van der Waals surface area contributed by atoms with Crippen LogP contribution in [0.15, 0.2) is 61.1 Å². The van der Waals surface area contributed by atoms with Crippen LogP contribution in [0.4, 0.5) is 15.9 Å². The Bertz CT molecular complexity index is 1310. The van der Waals surface area contributed by atoms with Gasteiger partial charge in [0, 0.05) is 30.2 Å². The zero-order valence-corrected chi connectivity index (χ0v) is 16.8. The molecule has 2 fully saturated rings. The minimum atomic E-state index is -0.239. The van der Waals surface area contributed by atoms with Gasteiger partial charge in [0.25, 0.3) is 0 Å². The van der Waals surface area contributed by atoms with Crippen LogP contribution in [0.25, 0.3) is 33.3 Å². The molecule has 0 amide bonds. The van der Waals surface area contributed by atoms with Crippen molar-refractivity contribution < 1.29 is 9.13 Å². The maximum Gasteiger partial charge on any atom is 0.147 e. The van der Waals surface area contributed by atoms with Crippen molar-refractivity contribution in [1.29, 1.82) is 0 Å². The summed E-state index contributed by atoms with van der Waals surface area (Å²) in [5.41, 5.74) is 10.9. The predicted molar refractivity (Wildman–Crippen MR) is 118 cm³/mol.